The number of hydrogen-bond donors (Lipinski definition) is 3. The number of hydrogen-bond acceptors (Lipinski definition) is 5. The fourth-order valence-electron chi connectivity index (χ4n) is 4.24. The quantitative estimate of drug-likeness (QED) is 0.280. The second-order valence-corrected chi connectivity index (χ2v) is 9.32. The van der Waals surface area contributed by atoms with E-state index in [1.807, 2.05) is 0 Å². The molecule has 0 spiro atoms. The summed E-state index contributed by atoms with van der Waals surface area (Å²) in [5.41, 5.74) is 0.945. The smallest absolute Gasteiger partial charge is 0.251 e. The number of anilines is 2. The molecule has 1 saturated carbocycles. The zero-order valence-corrected chi connectivity index (χ0v) is 21.1. The van der Waals surface area contributed by atoms with Gasteiger partial charge in [0, 0.05) is 41.6 Å². The zero-order chi connectivity index (χ0) is 27.7. The van der Waals surface area contributed by atoms with Gasteiger partial charge in [0.2, 0.25) is 11.8 Å². The third-order valence-corrected chi connectivity index (χ3v) is 6.65. The van der Waals surface area contributed by atoms with Crippen LogP contribution in [0.4, 0.5) is 20.2 Å². The highest BCUT2D eigenvalue weighted by Gasteiger charge is 2.56. The highest BCUT2D eigenvalue weighted by Crippen LogP contribution is 2.47. The predicted molar refractivity (Wildman–Crippen MR) is 142 cm³/mol. The third kappa shape index (κ3) is 5.13. The molecule has 0 unspecified atom stereocenters. The van der Waals surface area contributed by atoms with Crippen molar-refractivity contribution in [1.29, 1.82) is 0 Å². The van der Waals surface area contributed by atoms with Crippen molar-refractivity contribution in [2.45, 2.75) is 19.8 Å². The number of carbonyl (C=O) groups is 3. The average Bonchev–Trinajstić information content (AvgIpc) is 3.73. The van der Waals surface area contributed by atoms with Gasteiger partial charge >= 0.3 is 0 Å². The molecule has 0 atom stereocenters. The summed E-state index contributed by atoms with van der Waals surface area (Å²) >= 11 is 0. The topological polar surface area (TPSA) is 109 Å². The average molecular weight is 531 g/mol. The molecule has 1 fully saturated rings. The van der Waals surface area contributed by atoms with E-state index in [9.17, 15) is 18.8 Å². The lowest BCUT2D eigenvalue weighted by Gasteiger charge is -2.16. The summed E-state index contributed by atoms with van der Waals surface area (Å²) in [4.78, 5) is 42.1. The lowest BCUT2D eigenvalue weighted by Crippen LogP contribution is -2.35. The number of amides is 3. The molecule has 10 heteroatoms. The van der Waals surface area contributed by atoms with E-state index in [1.165, 1.54) is 42.6 Å². The van der Waals surface area contributed by atoms with Crippen molar-refractivity contribution in [3.8, 4) is 11.5 Å². The Labute approximate surface area is 222 Å². The van der Waals surface area contributed by atoms with Gasteiger partial charge in [0.1, 0.15) is 17.0 Å². The van der Waals surface area contributed by atoms with Crippen molar-refractivity contribution >= 4 is 40.0 Å². The van der Waals surface area contributed by atoms with Crippen LogP contribution in [-0.4, -0.2) is 29.8 Å². The first-order valence-corrected chi connectivity index (χ1v) is 12.2. The number of aromatic nitrogens is 1. The molecule has 1 aliphatic carbocycles. The van der Waals surface area contributed by atoms with Crippen LogP contribution < -0.4 is 20.7 Å². The molecule has 198 valence electrons. The van der Waals surface area contributed by atoms with Crippen LogP contribution in [-0.2, 0) is 9.59 Å². The molecule has 3 N–H and O–H groups in total. The number of pyridine rings is 1. The summed E-state index contributed by atoms with van der Waals surface area (Å²) in [5.74, 6) is -2.21. The number of nitrogens with one attached hydrogen (secondary N) is 3. The van der Waals surface area contributed by atoms with Gasteiger partial charge in [-0.25, -0.2) is 8.78 Å². The second-order valence-electron chi connectivity index (χ2n) is 9.32. The van der Waals surface area contributed by atoms with E-state index in [-0.39, 0.29) is 17.3 Å². The summed E-state index contributed by atoms with van der Waals surface area (Å²) in [6.07, 6.45) is 2.18. The molecule has 0 radical (unpaired) electrons. The summed E-state index contributed by atoms with van der Waals surface area (Å²) in [7, 11) is 1.54. The van der Waals surface area contributed by atoms with Gasteiger partial charge in [0.15, 0.2) is 11.6 Å². The highest BCUT2D eigenvalue weighted by molar-refractivity contribution is 6.16. The van der Waals surface area contributed by atoms with E-state index >= 15 is 4.39 Å². The monoisotopic (exact) mass is 530 g/mol. The van der Waals surface area contributed by atoms with Gasteiger partial charge in [0.25, 0.3) is 5.91 Å². The maximum atomic E-state index is 15.0. The van der Waals surface area contributed by atoms with Crippen molar-refractivity contribution in [3.63, 3.8) is 0 Å². The standard InChI is InChI=1S/C29H24F2N4O4/c1-16-13-21-23(15-20(16)26(36)32-2)33-12-9-24(21)39-25-8-7-19(14-22(25)31)35-28(38)29(10-11-29)27(37)34-18-5-3-17(30)4-6-18/h3-9,12-15H,10-11H2,1-2H3,(H,32,36)(H,34,37)(H,35,38). The molecule has 8 nitrogen and oxygen atoms in total. The number of carbonyl (C=O) groups excluding carboxylic acids is 3. The third-order valence-electron chi connectivity index (χ3n) is 6.65. The fraction of sp³-hybridized carbons (Fsp3) is 0.172. The van der Waals surface area contributed by atoms with Crippen LogP contribution in [0.2, 0.25) is 0 Å². The van der Waals surface area contributed by atoms with Crippen molar-refractivity contribution in [2.24, 2.45) is 5.41 Å². The minimum absolute atomic E-state index is 0.0799. The van der Waals surface area contributed by atoms with Crippen LogP contribution in [0, 0.1) is 24.0 Å². The fourth-order valence-corrected chi connectivity index (χ4v) is 4.24. The Morgan fingerprint density at radius 2 is 1.54 bits per heavy atom. The summed E-state index contributed by atoms with van der Waals surface area (Å²) in [5, 5.41) is 8.43. The molecule has 0 aliphatic heterocycles. The maximum absolute atomic E-state index is 15.0. The first kappa shape index (κ1) is 25.8. The Morgan fingerprint density at radius 3 is 2.18 bits per heavy atom. The summed E-state index contributed by atoms with van der Waals surface area (Å²) in [6, 6.07) is 14.2. The van der Waals surface area contributed by atoms with Crippen molar-refractivity contribution in [3.05, 3.63) is 89.6 Å². The van der Waals surface area contributed by atoms with Crippen LogP contribution in [0.1, 0.15) is 28.8 Å². The van der Waals surface area contributed by atoms with Gasteiger partial charge in [-0.15, -0.1) is 0 Å². The first-order chi connectivity index (χ1) is 18.7. The molecule has 0 bridgehead atoms. The molecular formula is C29H24F2N4O4. The molecule has 4 aromatic rings. The van der Waals surface area contributed by atoms with Crippen molar-refractivity contribution in [1.82, 2.24) is 10.3 Å². The summed E-state index contributed by atoms with van der Waals surface area (Å²) < 4.78 is 34.0. The van der Waals surface area contributed by atoms with Crippen LogP contribution >= 0.6 is 0 Å². The number of aryl methyl sites for hydroxylation is 1. The molecule has 3 amide bonds. The van der Waals surface area contributed by atoms with E-state index in [0.717, 1.165) is 6.07 Å². The molecule has 5 rings (SSSR count). The van der Waals surface area contributed by atoms with E-state index in [2.05, 4.69) is 20.9 Å². The highest BCUT2D eigenvalue weighted by atomic mass is 19.1. The van der Waals surface area contributed by atoms with Crippen LogP contribution in [0.3, 0.4) is 0 Å². The number of fused-ring (bicyclic) bond motifs is 1. The molecule has 1 aliphatic rings. The maximum Gasteiger partial charge on any atom is 0.251 e. The Balaban J connectivity index is 1.31. The normalized spacial score (nSPS) is 13.4. The first-order valence-electron chi connectivity index (χ1n) is 12.2. The van der Waals surface area contributed by atoms with Gasteiger partial charge in [-0.05, 0) is 79.9 Å². The van der Waals surface area contributed by atoms with Crippen LogP contribution in [0.25, 0.3) is 10.9 Å². The molecule has 0 saturated heterocycles. The van der Waals surface area contributed by atoms with Crippen molar-refractivity contribution in [2.75, 3.05) is 17.7 Å². The number of benzene rings is 3. The number of ether oxygens (including phenoxy) is 1. The largest absolute Gasteiger partial charge is 0.454 e. The van der Waals surface area contributed by atoms with Gasteiger partial charge in [-0.2, -0.15) is 0 Å². The summed E-state index contributed by atoms with van der Waals surface area (Å²) in [6.45, 7) is 1.78. The van der Waals surface area contributed by atoms with E-state index < -0.39 is 28.9 Å². The van der Waals surface area contributed by atoms with E-state index in [1.54, 1.807) is 32.2 Å². The zero-order valence-electron chi connectivity index (χ0n) is 21.1. The van der Waals surface area contributed by atoms with Gasteiger partial charge in [-0.1, -0.05) is 0 Å². The van der Waals surface area contributed by atoms with E-state index in [4.69, 9.17) is 4.74 Å². The Morgan fingerprint density at radius 1 is 0.872 bits per heavy atom. The molecule has 1 heterocycles. The van der Waals surface area contributed by atoms with Gasteiger partial charge in [0.05, 0.1) is 5.52 Å². The second kappa shape index (κ2) is 10.1. The Hall–Kier alpha value is -4.86. The van der Waals surface area contributed by atoms with Crippen LogP contribution in [0.15, 0.2) is 66.9 Å². The van der Waals surface area contributed by atoms with Gasteiger partial charge in [-0.3, -0.25) is 19.4 Å². The number of halogens is 2. The van der Waals surface area contributed by atoms with Crippen LogP contribution in [0.5, 0.6) is 11.5 Å². The number of nitrogens with zero attached hydrogens (tertiary/aromatic N) is 1. The minimum Gasteiger partial charge on any atom is -0.454 e. The number of rotatable bonds is 7. The SMILES string of the molecule is CNC(=O)c1cc2nccc(Oc3ccc(NC(=O)C4(C(=O)Nc5ccc(F)cc5)CC4)cc3F)c2cc1C. The lowest BCUT2D eigenvalue weighted by atomic mass is 10.0. The lowest BCUT2D eigenvalue weighted by molar-refractivity contribution is -0.131. The predicted octanol–water partition coefficient (Wildman–Crippen LogP) is 5.33. The van der Waals surface area contributed by atoms with E-state index in [0.29, 0.717) is 46.3 Å². The Kier molecular flexibility index (Phi) is 6.69. The minimum atomic E-state index is -1.28. The molecule has 3 aromatic carbocycles. The van der Waals surface area contributed by atoms with Crippen molar-refractivity contribution < 1.29 is 27.9 Å². The Bertz CT molecular complexity index is 1620. The van der Waals surface area contributed by atoms with Gasteiger partial charge < -0.3 is 20.7 Å². The molecule has 1 aromatic heterocycles. The molecule has 39 heavy (non-hydrogen) atoms. The molecular weight excluding hydrogens is 506 g/mol.